The molecule has 104 valence electrons. The first kappa shape index (κ1) is 13.9. The van der Waals surface area contributed by atoms with Crippen LogP contribution in [0.4, 0.5) is 8.78 Å². The molecule has 0 radical (unpaired) electrons. The average Bonchev–Trinajstić information content (AvgIpc) is 2.82. The number of carboxylic acid groups (broad SMARTS) is 1. The van der Waals surface area contributed by atoms with Crippen molar-refractivity contribution in [1.29, 1.82) is 0 Å². The van der Waals surface area contributed by atoms with E-state index in [0.29, 0.717) is 19.3 Å². The number of hydrogen-bond acceptors (Lipinski definition) is 2. The van der Waals surface area contributed by atoms with Crippen molar-refractivity contribution in [2.24, 2.45) is 11.8 Å². The third kappa shape index (κ3) is 2.61. The maximum Gasteiger partial charge on any atom is 0.306 e. The van der Waals surface area contributed by atoms with Crippen LogP contribution in [-0.4, -0.2) is 16.2 Å². The van der Waals surface area contributed by atoms with Crippen LogP contribution in [0, 0.1) is 30.4 Å². The highest BCUT2D eigenvalue weighted by atomic mass is 19.1. The highest BCUT2D eigenvalue weighted by molar-refractivity contribution is 5.70. The molecule has 1 saturated carbocycles. The van der Waals surface area contributed by atoms with Gasteiger partial charge >= 0.3 is 5.97 Å². The van der Waals surface area contributed by atoms with E-state index in [9.17, 15) is 18.7 Å². The summed E-state index contributed by atoms with van der Waals surface area (Å²) < 4.78 is 26.9. The zero-order valence-corrected chi connectivity index (χ0v) is 10.6. The third-order valence-electron chi connectivity index (χ3n) is 3.89. The number of halogens is 2. The van der Waals surface area contributed by atoms with E-state index in [2.05, 4.69) is 0 Å². The fraction of sp³-hybridized carbons (Fsp3) is 0.500. The van der Waals surface area contributed by atoms with Crippen molar-refractivity contribution in [3.63, 3.8) is 0 Å². The van der Waals surface area contributed by atoms with E-state index in [-0.39, 0.29) is 11.1 Å². The van der Waals surface area contributed by atoms with Crippen molar-refractivity contribution < 1.29 is 23.8 Å². The minimum absolute atomic E-state index is 0.0166. The van der Waals surface area contributed by atoms with Gasteiger partial charge in [0.2, 0.25) is 0 Å². The first-order valence-corrected chi connectivity index (χ1v) is 6.28. The first-order valence-electron chi connectivity index (χ1n) is 6.28. The van der Waals surface area contributed by atoms with Crippen LogP contribution < -0.4 is 0 Å². The Morgan fingerprint density at radius 1 is 1.32 bits per heavy atom. The molecule has 3 atom stereocenters. The van der Waals surface area contributed by atoms with Gasteiger partial charge in [0, 0.05) is 17.5 Å². The van der Waals surface area contributed by atoms with Crippen molar-refractivity contribution in [3.8, 4) is 0 Å². The van der Waals surface area contributed by atoms with Crippen LogP contribution in [0.25, 0.3) is 0 Å². The van der Waals surface area contributed by atoms with Crippen LogP contribution in [0.5, 0.6) is 0 Å². The highest BCUT2D eigenvalue weighted by Crippen LogP contribution is 2.41. The molecule has 3 unspecified atom stereocenters. The lowest BCUT2D eigenvalue weighted by Crippen LogP contribution is -2.24. The van der Waals surface area contributed by atoms with E-state index in [4.69, 9.17) is 5.11 Å². The average molecular weight is 270 g/mol. The summed E-state index contributed by atoms with van der Waals surface area (Å²) in [7, 11) is 0. The Balaban J connectivity index is 2.31. The molecule has 0 saturated heterocycles. The molecule has 3 nitrogen and oxygen atoms in total. The molecule has 0 bridgehead atoms. The van der Waals surface area contributed by atoms with Crippen LogP contribution in [0.2, 0.25) is 0 Å². The highest BCUT2D eigenvalue weighted by Gasteiger charge is 2.38. The fourth-order valence-electron chi connectivity index (χ4n) is 2.81. The molecule has 0 amide bonds. The van der Waals surface area contributed by atoms with Gasteiger partial charge in [-0.05, 0) is 31.4 Å². The standard InChI is InChI=1S/C14H16F2O3/c1-7-5-10(12(16)6-11(7)15)13(17)8-3-2-4-9(8)14(18)19/h5-6,8-9,13,17H,2-4H2,1H3,(H,18,19). The van der Waals surface area contributed by atoms with E-state index in [1.165, 1.54) is 13.0 Å². The molecular weight excluding hydrogens is 254 g/mol. The summed E-state index contributed by atoms with van der Waals surface area (Å²) in [6.07, 6.45) is 0.510. The van der Waals surface area contributed by atoms with E-state index >= 15 is 0 Å². The van der Waals surface area contributed by atoms with Gasteiger partial charge in [0.15, 0.2) is 0 Å². The third-order valence-corrected chi connectivity index (χ3v) is 3.89. The molecule has 1 aliphatic rings. The molecular formula is C14H16F2O3. The van der Waals surface area contributed by atoms with Gasteiger partial charge in [-0.3, -0.25) is 4.79 Å². The van der Waals surface area contributed by atoms with Crippen LogP contribution >= 0.6 is 0 Å². The molecule has 1 aromatic rings. The number of benzene rings is 1. The maximum absolute atomic E-state index is 13.7. The van der Waals surface area contributed by atoms with Gasteiger partial charge in [0.25, 0.3) is 0 Å². The van der Waals surface area contributed by atoms with Crippen molar-refractivity contribution in [2.45, 2.75) is 32.3 Å². The van der Waals surface area contributed by atoms with Crippen molar-refractivity contribution >= 4 is 5.97 Å². The second-order valence-electron chi connectivity index (χ2n) is 5.11. The van der Waals surface area contributed by atoms with Gasteiger partial charge in [-0.2, -0.15) is 0 Å². The van der Waals surface area contributed by atoms with E-state index in [1.807, 2.05) is 0 Å². The second-order valence-corrected chi connectivity index (χ2v) is 5.11. The van der Waals surface area contributed by atoms with Gasteiger partial charge < -0.3 is 10.2 Å². The summed E-state index contributed by atoms with van der Waals surface area (Å²) in [5.41, 5.74) is 0.220. The number of hydrogen-bond donors (Lipinski definition) is 2. The molecule has 0 aromatic heterocycles. The minimum Gasteiger partial charge on any atom is -0.481 e. The molecule has 1 aromatic carbocycles. The zero-order chi connectivity index (χ0) is 14.2. The normalized spacial score (nSPS) is 24.4. The Labute approximate surface area is 109 Å². The van der Waals surface area contributed by atoms with Crippen LogP contribution in [-0.2, 0) is 4.79 Å². The number of carboxylic acids is 1. The predicted molar refractivity (Wildman–Crippen MR) is 64.5 cm³/mol. The summed E-state index contributed by atoms with van der Waals surface area (Å²) in [5.74, 6) is -3.65. The minimum atomic E-state index is -1.21. The molecule has 0 aliphatic heterocycles. The number of carbonyl (C=O) groups is 1. The number of rotatable bonds is 3. The SMILES string of the molecule is Cc1cc(C(O)C2CCCC2C(=O)O)c(F)cc1F. The van der Waals surface area contributed by atoms with E-state index in [0.717, 1.165) is 6.07 Å². The van der Waals surface area contributed by atoms with Crippen molar-refractivity contribution in [1.82, 2.24) is 0 Å². The number of aliphatic carboxylic acids is 1. The molecule has 0 spiro atoms. The summed E-state index contributed by atoms with van der Waals surface area (Å²) in [6.45, 7) is 1.48. The Kier molecular flexibility index (Phi) is 3.85. The Bertz CT molecular complexity index is 502. The predicted octanol–water partition coefficient (Wildman–Crippen LogP) is 2.81. The number of aliphatic hydroxyl groups is 1. The number of aryl methyl sites for hydroxylation is 1. The molecule has 19 heavy (non-hydrogen) atoms. The first-order chi connectivity index (χ1) is 8.91. The summed E-state index contributed by atoms with van der Waals surface area (Å²) >= 11 is 0. The number of aliphatic hydroxyl groups excluding tert-OH is 1. The monoisotopic (exact) mass is 270 g/mol. The van der Waals surface area contributed by atoms with E-state index in [1.54, 1.807) is 0 Å². The molecule has 2 rings (SSSR count). The molecule has 5 heteroatoms. The summed E-state index contributed by atoms with van der Waals surface area (Å²) in [6, 6.07) is 1.99. The Morgan fingerprint density at radius 3 is 2.63 bits per heavy atom. The quantitative estimate of drug-likeness (QED) is 0.888. The summed E-state index contributed by atoms with van der Waals surface area (Å²) in [4.78, 5) is 11.1. The Morgan fingerprint density at radius 2 is 2.00 bits per heavy atom. The Hall–Kier alpha value is -1.49. The molecule has 1 aliphatic carbocycles. The molecule has 2 N–H and O–H groups in total. The fourth-order valence-corrected chi connectivity index (χ4v) is 2.81. The van der Waals surface area contributed by atoms with E-state index < -0.39 is 35.5 Å². The lowest BCUT2D eigenvalue weighted by atomic mass is 9.86. The lowest BCUT2D eigenvalue weighted by Gasteiger charge is -2.23. The van der Waals surface area contributed by atoms with Gasteiger partial charge in [0.05, 0.1) is 12.0 Å². The van der Waals surface area contributed by atoms with Crippen LogP contribution in [0.1, 0.15) is 36.5 Å². The maximum atomic E-state index is 13.7. The zero-order valence-electron chi connectivity index (χ0n) is 10.6. The topological polar surface area (TPSA) is 57.5 Å². The van der Waals surface area contributed by atoms with Gasteiger partial charge in [-0.15, -0.1) is 0 Å². The van der Waals surface area contributed by atoms with Crippen molar-refractivity contribution in [2.75, 3.05) is 0 Å². The second kappa shape index (κ2) is 5.25. The largest absolute Gasteiger partial charge is 0.481 e. The lowest BCUT2D eigenvalue weighted by molar-refractivity contribution is -0.144. The van der Waals surface area contributed by atoms with Gasteiger partial charge in [0.1, 0.15) is 11.6 Å². The van der Waals surface area contributed by atoms with Gasteiger partial charge in [-0.25, -0.2) is 8.78 Å². The molecule has 1 fully saturated rings. The molecule has 0 heterocycles. The van der Waals surface area contributed by atoms with Crippen LogP contribution in [0.3, 0.4) is 0 Å². The summed E-state index contributed by atoms with van der Waals surface area (Å²) in [5, 5.41) is 19.3. The van der Waals surface area contributed by atoms with Crippen molar-refractivity contribution in [3.05, 3.63) is 34.9 Å². The van der Waals surface area contributed by atoms with Gasteiger partial charge in [-0.1, -0.05) is 6.42 Å². The van der Waals surface area contributed by atoms with Crippen LogP contribution in [0.15, 0.2) is 12.1 Å². The smallest absolute Gasteiger partial charge is 0.306 e.